The van der Waals surface area contributed by atoms with Crippen molar-refractivity contribution in [3.05, 3.63) is 53.1 Å². The molecule has 0 aromatic carbocycles. The number of rotatable bonds is 4. The maximum atomic E-state index is 8.86. The summed E-state index contributed by atoms with van der Waals surface area (Å²) in [5.74, 6) is 0. The van der Waals surface area contributed by atoms with Crippen LogP contribution in [0, 0.1) is 18.3 Å². The summed E-state index contributed by atoms with van der Waals surface area (Å²) in [6.07, 6.45) is 3.85. The SMILES string of the molecule is Cc1ccc(CNCc2cc(C#N)n(C)c2)cn1. The summed E-state index contributed by atoms with van der Waals surface area (Å²) in [6, 6.07) is 8.14. The van der Waals surface area contributed by atoms with E-state index < -0.39 is 0 Å². The molecule has 0 amide bonds. The molecular formula is C14H16N4. The van der Waals surface area contributed by atoms with Crippen LogP contribution < -0.4 is 5.32 Å². The standard InChI is InChI=1S/C14H16N4/c1-11-3-4-12(9-17-11)7-16-8-13-5-14(6-15)18(2)10-13/h3-5,9-10,16H,7-8H2,1-2H3. The van der Waals surface area contributed by atoms with E-state index in [1.807, 2.05) is 43.1 Å². The number of pyridine rings is 1. The van der Waals surface area contributed by atoms with Crippen LogP contribution in [0.15, 0.2) is 30.6 Å². The van der Waals surface area contributed by atoms with Gasteiger partial charge in [0, 0.05) is 38.2 Å². The van der Waals surface area contributed by atoms with Crippen LogP contribution in [-0.2, 0) is 20.1 Å². The second kappa shape index (κ2) is 5.48. The Labute approximate surface area is 107 Å². The zero-order valence-electron chi connectivity index (χ0n) is 10.6. The highest BCUT2D eigenvalue weighted by atomic mass is 14.9. The molecule has 0 aliphatic carbocycles. The Hall–Kier alpha value is -2.12. The lowest BCUT2D eigenvalue weighted by atomic mass is 10.2. The predicted molar refractivity (Wildman–Crippen MR) is 69.6 cm³/mol. The first-order chi connectivity index (χ1) is 8.69. The van der Waals surface area contributed by atoms with Crippen molar-refractivity contribution in [3.63, 3.8) is 0 Å². The molecule has 0 unspecified atom stereocenters. The van der Waals surface area contributed by atoms with Crippen molar-refractivity contribution >= 4 is 0 Å². The van der Waals surface area contributed by atoms with Crippen molar-refractivity contribution in [2.75, 3.05) is 0 Å². The predicted octanol–water partition coefficient (Wildman–Crippen LogP) is 1.89. The third kappa shape index (κ3) is 2.96. The highest BCUT2D eigenvalue weighted by Crippen LogP contribution is 2.06. The molecule has 0 aliphatic rings. The lowest BCUT2D eigenvalue weighted by Crippen LogP contribution is -2.12. The monoisotopic (exact) mass is 240 g/mol. The van der Waals surface area contributed by atoms with E-state index >= 15 is 0 Å². The zero-order valence-corrected chi connectivity index (χ0v) is 10.6. The van der Waals surface area contributed by atoms with E-state index in [9.17, 15) is 0 Å². The molecule has 2 rings (SSSR count). The fourth-order valence-corrected chi connectivity index (χ4v) is 1.79. The average molecular weight is 240 g/mol. The molecule has 0 radical (unpaired) electrons. The van der Waals surface area contributed by atoms with Gasteiger partial charge in [0.25, 0.3) is 0 Å². The van der Waals surface area contributed by atoms with Crippen molar-refractivity contribution in [1.29, 1.82) is 5.26 Å². The molecule has 2 heterocycles. The van der Waals surface area contributed by atoms with Gasteiger partial charge in [0.05, 0.1) is 0 Å². The lowest BCUT2D eigenvalue weighted by Gasteiger charge is -2.03. The summed E-state index contributed by atoms with van der Waals surface area (Å²) in [4.78, 5) is 4.25. The number of aromatic nitrogens is 2. The molecule has 0 atom stereocenters. The molecule has 0 bridgehead atoms. The van der Waals surface area contributed by atoms with Crippen molar-refractivity contribution in [1.82, 2.24) is 14.9 Å². The highest BCUT2D eigenvalue weighted by molar-refractivity contribution is 5.28. The number of hydrogen-bond donors (Lipinski definition) is 1. The first kappa shape index (κ1) is 12.3. The minimum atomic E-state index is 0.684. The Morgan fingerprint density at radius 2 is 2.11 bits per heavy atom. The van der Waals surface area contributed by atoms with Crippen LogP contribution in [0.1, 0.15) is 22.5 Å². The van der Waals surface area contributed by atoms with E-state index in [0.29, 0.717) is 5.69 Å². The fraction of sp³-hybridized carbons (Fsp3) is 0.286. The van der Waals surface area contributed by atoms with Gasteiger partial charge in [-0.3, -0.25) is 4.98 Å². The quantitative estimate of drug-likeness (QED) is 0.888. The number of hydrogen-bond acceptors (Lipinski definition) is 3. The van der Waals surface area contributed by atoms with Gasteiger partial charge in [-0.05, 0) is 30.2 Å². The topological polar surface area (TPSA) is 53.6 Å². The number of nitriles is 1. The first-order valence-electron chi connectivity index (χ1n) is 5.86. The second-order valence-electron chi connectivity index (χ2n) is 4.37. The van der Waals surface area contributed by atoms with Gasteiger partial charge in [0.2, 0.25) is 0 Å². The lowest BCUT2D eigenvalue weighted by molar-refractivity contribution is 0.690. The van der Waals surface area contributed by atoms with Crippen LogP contribution in [0.25, 0.3) is 0 Å². The maximum absolute atomic E-state index is 8.86. The molecule has 0 saturated carbocycles. The molecule has 4 nitrogen and oxygen atoms in total. The molecule has 4 heteroatoms. The average Bonchev–Trinajstić information content (AvgIpc) is 2.72. The summed E-state index contributed by atoms with van der Waals surface area (Å²) in [6.45, 7) is 3.51. The molecule has 92 valence electrons. The molecule has 2 aromatic rings. The minimum Gasteiger partial charge on any atom is -0.342 e. The third-order valence-electron chi connectivity index (χ3n) is 2.81. The van der Waals surface area contributed by atoms with Gasteiger partial charge in [0.15, 0.2) is 0 Å². The highest BCUT2D eigenvalue weighted by Gasteiger charge is 2.01. The van der Waals surface area contributed by atoms with E-state index in [4.69, 9.17) is 5.26 Å². The van der Waals surface area contributed by atoms with Gasteiger partial charge >= 0.3 is 0 Å². The molecule has 0 aliphatic heterocycles. The smallest absolute Gasteiger partial charge is 0.120 e. The van der Waals surface area contributed by atoms with E-state index in [-0.39, 0.29) is 0 Å². The van der Waals surface area contributed by atoms with Crippen LogP contribution in [0.5, 0.6) is 0 Å². The van der Waals surface area contributed by atoms with Gasteiger partial charge in [0.1, 0.15) is 11.8 Å². The molecule has 1 N–H and O–H groups in total. The van der Waals surface area contributed by atoms with E-state index in [1.54, 1.807) is 0 Å². The fourth-order valence-electron chi connectivity index (χ4n) is 1.79. The number of aryl methyl sites for hydroxylation is 2. The summed E-state index contributed by atoms with van der Waals surface area (Å²) < 4.78 is 1.84. The number of nitrogens with zero attached hydrogens (tertiary/aromatic N) is 3. The molecule has 0 saturated heterocycles. The summed E-state index contributed by atoms with van der Waals surface area (Å²) >= 11 is 0. The minimum absolute atomic E-state index is 0.684. The summed E-state index contributed by atoms with van der Waals surface area (Å²) in [7, 11) is 1.88. The van der Waals surface area contributed by atoms with Crippen LogP contribution in [0.3, 0.4) is 0 Å². The van der Waals surface area contributed by atoms with Gasteiger partial charge < -0.3 is 9.88 Å². The van der Waals surface area contributed by atoms with E-state index in [1.165, 1.54) is 0 Å². The second-order valence-corrected chi connectivity index (χ2v) is 4.37. The summed E-state index contributed by atoms with van der Waals surface area (Å²) in [5, 5.41) is 12.2. The largest absolute Gasteiger partial charge is 0.342 e. The van der Waals surface area contributed by atoms with Gasteiger partial charge in [-0.1, -0.05) is 6.07 Å². The van der Waals surface area contributed by atoms with Crippen molar-refractivity contribution in [2.24, 2.45) is 7.05 Å². The normalized spacial score (nSPS) is 10.3. The molecular weight excluding hydrogens is 224 g/mol. The Kier molecular flexibility index (Phi) is 3.75. The molecule has 2 aromatic heterocycles. The maximum Gasteiger partial charge on any atom is 0.120 e. The third-order valence-corrected chi connectivity index (χ3v) is 2.81. The van der Waals surface area contributed by atoms with Gasteiger partial charge in [-0.2, -0.15) is 5.26 Å². The van der Waals surface area contributed by atoms with Crippen molar-refractivity contribution < 1.29 is 0 Å². The van der Waals surface area contributed by atoms with E-state index in [0.717, 1.165) is 29.9 Å². The van der Waals surface area contributed by atoms with E-state index in [2.05, 4.69) is 22.4 Å². The number of nitrogens with one attached hydrogen (secondary N) is 1. The molecule has 0 fully saturated rings. The Morgan fingerprint density at radius 3 is 2.72 bits per heavy atom. The zero-order chi connectivity index (χ0) is 13.0. The van der Waals surface area contributed by atoms with Crippen molar-refractivity contribution in [3.8, 4) is 6.07 Å². The molecule has 18 heavy (non-hydrogen) atoms. The Balaban J connectivity index is 1.88. The van der Waals surface area contributed by atoms with Crippen LogP contribution in [0.2, 0.25) is 0 Å². The van der Waals surface area contributed by atoms with Gasteiger partial charge in [-0.25, -0.2) is 0 Å². The van der Waals surface area contributed by atoms with Crippen LogP contribution in [0.4, 0.5) is 0 Å². The first-order valence-corrected chi connectivity index (χ1v) is 5.86. The Bertz CT molecular complexity index is 560. The van der Waals surface area contributed by atoms with Crippen LogP contribution >= 0.6 is 0 Å². The Morgan fingerprint density at radius 1 is 1.33 bits per heavy atom. The van der Waals surface area contributed by atoms with Crippen LogP contribution in [-0.4, -0.2) is 9.55 Å². The van der Waals surface area contributed by atoms with Gasteiger partial charge in [-0.15, -0.1) is 0 Å². The summed E-state index contributed by atoms with van der Waals surface area (Å²) in [5.41, 5.74) is 4.00. The van der Waals surface area contributed by atoms with Crippen molar-refractivity contribution in [2.45, 2.75) is 20.0 Å². The molecule has 0 spiro atoms.